The maximum atomic E-state index is 5.85. The zero-order valence-electron chi connectivity index (χ0n) is 9.89. The SMILES string of the molecule is Cc1ccnc(OCCc2ccccc2N)c1. The van der Waals surface area contributed by atoms with Gasteiger partial charge in [0.05, 0.1) is 6.61 Å². The predicted molar refractivity (Wildman–Crippen MR) is 69.0 cm³/mol. The number of rotatable bonds is 4. The second-order valence-electron chi connectivity index (χ2n) is 3.97. The van der Waals surface area contributed by atoms with Gasteiger partial charge in [-0.05, 0) is 30.2 Å². The van der Waals surface area contributed by atoms with Crippen LogP contribution >= 0.6 is 0 Å². The van der Waals surface area contributed by atoms with Gasteiger partial charge in [-0.15, -0.1) is 0 Å². The van der Waals surface area contributed by atoms with Gasteiger partial charge in [-0.2, -0.15) is 0 Å². The van der Waals surface area contributed by atoms with Crippen molar-refractivity contribution >= 4 is 5.69 Å². The minimum atomic E-state index is 0.588. The summed E-state index contributed by atoms with van der Waals surface area (Å²) in [6.07, 6.45) is 2.55. The molecule has 0 aliphatic heterocycles. The lowest BCUT2D eigenvalue weighted by molar-refractivity contribution is 0.309. The number of hydrogen-bond donors (Lipinski definition) is 1. The molecule has 0 radical (unpaired) electrons. The fraction of sp³-hybridized carbons (Fsp3) is 0.214. The van der Waals surface area contributed by atoms with E-state index in [-0.39, 0.29) is 0 Å². The first-order valence-electron chi connectivity index (χ1n) is 5.64. The second kappa shape index (κ2) is 5.34. The minimum Gasteiger partial charge on any atom is -0.477 e. The van der Waals surface area contributed by atoms with Crippen LogP contribution in [0.1, 0.15) is 11.1 Å². The molecule has 0 bridgehead atoms. The molecule has 2 aromatic rings. The van der Waals surface area contributed by atoms with Gasteiger partial charge >= 0.3 is 0 Å². The number of pyridine rings is 1. The first kappa shape index (κ1) is 11.5. The van der Waals surface area contributed by atoms with Gasteiger partial charge in [-0.1, -0.05) is 18.2 Å². The number of nitrogen functional groups attached to an aromatic ring is 1. The lowest BCUT2D eigenvalue weighted by atomic mass is 10.1. The minimum absolute atomic E-state index is 0.588. The van der Waals surface area contributed by atoms with Crippen LogP contribution in [0.25, 0.3) is 0 Å². The summed E-state index contributed by atoms with van der Waals surface area (Å²) in [6.45, 7) is 2.61. The number of aromatic nitrogens is 1. The zero-order chi connectivity index (χ0) is 12.1. The summed E-state index contributed by atoms with van der Waals surface area (Å²) in [5, 5.41) is 0. The molecule has 1 aromatic heterocycles. The number of anilines is 1. The highest BCUT2D eigenvalue weighted by molar-refractivity contribution is 5.46. The molecule has 0 amide bonds. The van der Waals surface area contributed by atoms with Crippen LogP contribution in [0, 0.1) is 6.92 Å². The summed E-state index contributed by atoms with van der Waals surface area (Å²) >= 11 is 0. The van der Waals surface area contributed by atoms with Crippen molar-refractivity contribution in [3.05, 3.63) is 53.7 Å². The van der Waals surface area contributed by atoms with Crippen LogP contribution in [-0.4, -0.2) is 11.6 Å². The molecule has 0 unspecified atom stereocenters. The van der Waals surface area contributed by atoms with Crippen molar-refractivity contribution in [2.45, 2.75) is 13.3 Å². The van der Waals surface area contributed by atoms with E-state index >= 15 is 0 Å². The summed E-state index contributed by atoms with van der Waals surface area (Å²) in [5.74, 6) is 0.666. The molecule has 3 nitrogen and oxygen atoms in total. The van der Waals surface area contributed by atoms with Crippen LogP contribution < -0.4 is 10.5 Å². The molecule has 1 aromatic carbocycles. The van der Waals surface area contributed by atoms with Gasteiger partial charge in [0.25, 0.3) is 0 Å². The van der Waals surface area contributed by atoms with Gasteiger partial charge in [-0.25, -0.2) is 4.98 Å². The third-order valence-electron chi connectivity index (χ3n) is 2.57. The molecule has 1 heterocycles. The van der Waals surface area contributed by atoms with E-state index in [1.165, 1.54) is 0 Å². The van der Waals surface area contributed by atoms with E-state index in [1.54, 1.807) is 6.20 Å². The van der Waals surface area contributed by atoms with Gasteiger partial charge < -0.3 is 10.5 Å². The van der Waals surface area contributed by atoms with Crippen molar-refractivity contribution in [3.8, 4) is 5.88 Å². The highest BCUT2D eigenvalue weighted by Gasteiger charge is 1.99. The molecule has 0 aliphatic rings. The molecule has 2 rings (SSSR count). The smallest absolute Gasteiger partial charge is 0.213 e. The molecule has 0 fully saturated rings. The van der Waals surface area contributed by atoms with Crippen molar-refractivity contribution in [1.82, 2.24) is 4.98 Å². The average Bonchev–Trinajstić information content (AvgIpc) is 2.32. The third-order valence-corrected chi connectivity index (χ3v) is 2.57. The predicted octanol–water partition coefficient (Wildman–Crippen LogP) is 2.59. The van der Waals surface area contributed by atoms with Crippen LogP contribution in [-0.2, 0) is 6.42 Å². The maximum absolute atomic E-state index is 5.85. The quantitative estimate of drug-likeness (QED) is 0.818. The van der Waals surface area contributed by atoms with Crippen molar-refractivity contribution in [2.24, 2.45) is 0 Å². The van der Waals surface area contributed by atoms with E-state index in [0.29, 0.717) is 12.5 Å². The van der Waals surface area contributed by atoms with Crippen molar-refractivity contribution in [1.29, 1.82) is 0 Å². The number of nitrogens with two attached hydrogens (primary N) is 1. The van der Waals surface area contributed by atoms with Crippen molar-refractivity contribution in [2.75, 3.05) is 12.3 Å². The fourth-order valence-corrected chi connectivity index (χ4v) is 1.61. The van der Waals surface area contributed by atoms with Crippen molar-refractivity contribution in [3.63, 3.8) is 0 Å². The Balaban J connectivity index is 1.90. The van der Waals surface area contributed by atoms with Crippen LogP contribution in [0.5, 0.6) is 5.88 Å². The van der Waals surface area contributed by atoms with Gasteiger partial charge in [0.1, 0.15) is 0 Å². The van der Waals surface area contributed by atoms with Gasteiger partial charge in [-0.3, -0.25) is 0 Å². The normalized spacial score (nSPS) is 10.2. The Labute approximate surface area is 101 Å². The standard InChI is InChI=1S/C14H16N2O/c1-11-6-8-16-14(10-11)17-9-7-12-4-2-3-5-13(12)15/h2-6,8,10H,7,9,15H2,1H3. The van der Waals surface area contributed by atoms with Gasteiger partial charge in [0.15, 0.2) is 0 Å². The highest BCUT2D eigenvalue weighted by Crippen LogP contribution is 2.12. The molecule has 0 aliphatic carbocycles. The van der Waals surface area contributed by atoms with E-state index in [1.807, 2.05) is 43.3 Å². The summed E-state index contributed by atoms with van der Waals surface area (Å²) in [7, 11) is 0. The summed E-state index contributed by atoms with van der Waals surface area (Å²) in [4.78, 5) is 4.14. The van der Waals surface area contributed by atoms with E-state index in [4.69, 9.17) is 10.5 Å². The van der Waals surface area contributed by atoms with E-state index in [9.17, 15) is 0 Å². The average molecular weight is 228 g/mol. The maximum Gasteiger partial charge on any atom is 0.213 e. The van der Waals surface area contributed by atoms with Crippen LogP contribution in [0.4, 0.5) is 5.69 Å². The molecule has 0 spiro atoms. The number of ether oxygens (including phenoxy) is 1. The summed E-state index contributed by atoms with van der Waals surface area (Å²) in [6, 6.07) is 11.7. The van der Waals surface area contributed by atoms with E-state index < -0.39 is 0 Å². The fourth-order valence-electron chi connectivity index (χ4n) is 1.61. The first-order valence-corrected chi connectivity index (χ1v) is 5.64. The topological polar surface area (TPSA) is 48.1 Å². The van der Waals surface area contributed by atoms with Gasteiger partial charge in [0.2, 0.25) is 5.88 Å². The number of para-hydroxylation sites is 1. The number of benzene rings is 1. The highest BCUT2D eigenvalue weighted by atomic mass is 16.5. The van der Waals surface area contributed by atoms with Crippen LogP contribution in [0.15, 0.2) is 42.6 Å². The molecular weight excluding hydrogens is 212 g/mol. The Morgan fingerprint density at radius 1 is 1.24 bits per heavy atom. The Morgan fingerprint density at radius 2 is 2.06 bits per heavy atom. The Kier molecular flexibility index (Phi) is 3.60. The molecule has 0 atom stereocenters. The first-order chi connectivity index (χ1) is 8.25. The number of nitrogens with zero attached hydrogens (tertiary/aromatic N) is 1. The Morgan fingerprint density at radius 3 is 2.82 bits per heavy atom. The molecular formula is C14H16N2O. The van der Waals surface area contributed by atoms with Gasteiger partial charge in [0, 0.05) is 24.4 Å². The molecule has 0 saturated heterocycles. The molecule has 2 N–H and O–H groups in total. The van der Waals surface area contributed by atoms with Crippen molar-refractivity contribution < 1.29 is 4.74 Å². The lowest BCUT2D eigenvalue weighted by Crippen LogP contribution is -2.04. The second-order valence-corrected chi connectivity index (χ2v) is 3.97. The molecule has 0 saturated carbocycles. The van der Waals surface area contributed by atoms with E-state index in [0.717, 1.165) is 23.2 Å². The lowest BCUT2D eigenvalue weighted by Gasteiger charge is -2.07. The number of hydrogen-bond acceptors (Lipinski definition) is 3. The monoisotopic (exact) mass is 228 g/mol. The Bertz CT molecular complexity index is 497. The largest absolute Gasteiger partial charge is 0.477 e. The zero-order valence-corrected chi connectivity index (χ0v) is 9.89. The molecule has 3 heteroatoms. The Hall–Kier alpha value is -2.03. The molecule has 17 heavy (non-hydrogen) atoms. The van der Waals surface area contributed by atoms with Crippen LogP contribution in [0.3, 0.4) is 0 Å². The van der Waals surface area contributed by atoms with Crippen LogP contribution in [0.2, 0.25) is 0 Å². The third kappa shape index (κ3) is 3.21. The summed E-state index contributed by atoms with van der Waals surface area (Å²) in [5.41, 5.74) is 8.92. The number of aryl methyl sites for hydroxylation is 1. The van der Waals surface area contributed by atoms with E-state index in [2.05, 4.69) is 4.98 Å². The summed E-state index contributed by atoms with van der Waals surface area (Å²) < 4.78 is 5.58. The molecule has 88 valence electrons.